The van der Waals surface area contributed by atoms with E-state index >= 15 is 0 Å². The third-order valence-electron chi connectivity index (χ3n) is 11.0. The van der Waals surface area contributed by atoms with Gasteiger partial charge in [-0.3, -0.25) is 14.6 Å². The Labute approximate surface area is 447 Å². The Bertz CT molecular complexity index is 1820. The molecule has 21 nitrogen and oxygen atoms in total. The summed E-state index contributed by atoms with van der Waals surface area (Å²) in [7, 11) is 0. The molecule has 0 unspecified atom stereocenters. The molecule has 0 aliphatic rings. The van der Waals surface area contributed by atoms with Gasteiger partial charge in [-0.2, -0.15) is 0 Å². The number of rotatable bonds is 35. The van der Waals surface area contributed by atoms with Crippen molar-refractivity contribution >= 4 is 30.3 Å². The molecule has 0 bridgehead atoms. The predicted molar refractivity (Wildman–Crippen MR) is 292 cm³/mol. The number of hydrogen-bond acceptors (Lipinski definition) is 16. The molecule has 0 spiro atoms. The van der Waals surface area contributed by atoms with E-state index in [9.17, 15) is 29.1 Å². The Hall–Kier alpha value is -5.29. The lowest BCUT2D eigenvalue weighted by molar-refractivity contribution is -0.119. The molecule has 0 aliphatic heterocycles. The summed E-state index contributed by atoms with van der Waals surface area (Å²) in [6.45, 7) is 18.0. The van der Waals surface area contributed by atoms with Gasteiger partial charge in [-0.05, 0) is 110 Å². The molecule has 2 aromatic rings. The first kappa shape index (κ1) is 67.7. The van der Waals surface area contributed by atoms with Gasteiger partial charge in [0.05, 0.1) is 0 Å². The largest absolute Gasteiger partial charge is 0.445 e. The fraction of sp³-hybridized carbons (Fsp3) is 0.685. The summed E-state index contributed by atoms with van der Waals surface area (Å²) < 4.78 is 21.3. The minimum absolute atomic E-state index is 0.0142. The van der Waals surface area contributed by atoms with Crippen LogP contribution in [0, 0.1) is 0 Å². The van der Waals surface area contributed by atoms with Gasteiger partial charge in [0.15, 0.2) is 0 Å². The topological polar surface area (TPSA) is 307 Å². The second kappa shape index (κ2) is 40.0. The molecule has 0 fully saturated rings. The summed E-state index contributed by atoms with van der Waals surface area (Å²) >= 11 is 0. The normalized spacial score (nSPS) is 13.0. The highest BCUT2D eigenvalue weighted by atomic mass is 16.6. The molecule has 0 aliphatic carbocycles. The molecule has 4 atom stereocenters. The maximum Gasteiger partial charge on any atom is 0.407 e. The van der Waals surface area contributed by atoms with E-state index in [4.69, 9.17) is 41.3 Å². The third-order valence-corrected chi connectivity index (χ3v) is 11.0. The fourth-order valence-corrected chi connectivity index (χ4v) is 7.64. The van der Waals surface area contributed by atoms with Crippen molar-refractivity contribution in [3.05, 3.63) is 71.8 Å². The highest BCUT2D eigenvalue weighted by Crippen LogP contribution is 2.11. The number of aliphatic hydroxyl groups is 2. The number of alkyl carbamates (subject to hydrolysis) is 4. The second-order valence-corrected chi connectivity index (χ2v) is 20.7. The smallest absolute Gasteiger partial charge is 0.407 e. The minimum Gasteiger partial charge on any atom is -0.445 e. The summed E-state index contributed by atoms with van der Waals surface area (Å²) in [4.78, 5) is 65.2. The first-order valence-electron chi connectivity index (χ1n) is 26.6. The van der Waals surface area contributed by atoms with Crippen molar-refractivity contribution in [3.8, 4) is 0 Å². The zero-order valence-electron chi connectivity index (χ0n) is 46.2. The third kappa shape index (κ3) is 39.7. The molecule has 0 saturated carbocycles. The van der Waals surface area contributed by atoms with Crippen LogP contribution in [0.5, 0.6) is 0 Å². The SMILES string of the molecule is CC(=O)N[C@@H](CCCO)CN(CCNC(=O)OCc1ccccc1)C[C@H](CCCCNC(=O)OC(C)(C)C)NC(=O)OCc1ccccc1.CC(C)(C)OC(=O)NCCCC[C@H](N)CN(CCN)C[C@@H](N)CCCO. The van der Waals surface area contributed by atoms with Crippen LogP contribution in [0.3, 0.4) is 0 Å². The lowest BCUT2D eigenvalue weighted by Crippen LogP contribution is -2.50. The van der Waals surface area contributed by atoms with Gasteiger partial charge < -0.3 is 72.9 Å². The number of unbranched alkanes of at least 4 members (excludes halogenated alkanes) is 2. The van der Waals surface area contributed by atoms with E-state index in [2.05, 4.69) is 36.4 Å². The van der Waals surface area contributed by atoms with Crippen molar-refractivity contribution in [2.45, 2.75) is 161 Å². The number of nitrogens with two attached hydrogens (primary N) is 3. The zero-order chi connectivity index (χ0) is 55.9. The van der Waals surface area contributed by atoms with E-state index in [0.29, 0.717) is 77.8 Å². The van der Waals surface area contributed by atoms with Crippen molar-refractivity contribution in [1.29, 1.82) is 0 Å². The van der Waals surface area contributed by atoms with E-state index in [1.807, 2.05) is 81.4 Å². The van der Waals surface area contributed by atoms with Crippen LogP contribution in [0.2, 0.25) is 0 Å². The number of nitrogens with zero attached hydrogens (tertiary/aromatic N) is 2. The summed E-state index contributed by atoms with van der Waals surface area (Å²) in [6, 6.07) is 18.2. The number of ether oxygens (including phenoxy) is 4. The Morgan fingerprint density at radius 1 is 0.533 bits per heavy atom. The quantitative estimate of drug-likeness (QED) is 0.0326. The van der Waals surface area contributed by atoms with Gasteiger partial charge in [-0.15, -0.1) is 0 Å². The second-order valence-electron chi connectivity index (χ2n) is 20.7. The number of benzene rings is 2. The predicted octanol–water partition coefficient (Wildman–Crippen LogP) is 4.85. The van der Waals surface area contributed by atoms with Crippen molar-refractivity contribution in [2.24, 2.45) is 17.2 Å². The standard InChI is InChI=1S/C36H55N5O8.C18H41N5O3/c1-28(43)39-31(19-13-23-42)24-41(22-21-38-33(44)47-26-29-14-7-5-8-15-29)25-32(18-11-12-20-37-34(45)49-36(2,3)4)40-35(46)48-27-30-16-9-6-10-17-30;1-18(2,3)26-17(25)22-10-5-4-7-15(20)13-23(11-9-19)14-16(21)8-6-12-24/h5-10,14-17,31-32,42H,11-13,18-27H2,1-4H3,(H,37,45)(H,38,44)(H,39,43)(H,40,46);15-16,24H,4-14,19-21H2,1-3H3,(H,22,25)/t31-,32-;15-,16-/m00/s1. The maximum absolute atomic E-state index is 12.9. The van der Waals surface area contributed by atoms with Crippen molar-refractivity contribution < 1.29 is 53.1 Å². The van der Waals surface area contributed by atoms with Crippen molar-refractivity contribution in [1.82, 2.24) is 36.4 Å². The van der Waals surface area contributed by atoms with Gasteiger partial charge >= 0.3 is 24.4 Å². The average molecular weight is 1060 g/mol. The molecule has 0 radical (unpaired) electrons. The number of carbonyl (C=O) groups excluding carboxylic acids is 5. The monoisotopic (exact) mass is 1060 g/mol. The molecule has 5 amide bonds. The molecule has 428 valence electrons. The number of carbonyl (C=O) groups is 5. The zero-order valence-corrected chi connectivity index (χ0v) is 46.2. The van der Waals surface area contributed by atoms with Crippen LogP contribution in [-0.4, -0.2) is 164 Å². The van der Waals surface area contributed by atoms with Crippen molar-refractivity contribution in [3.63, 3.8) is 0 Å². The summed E-state index contributed by atoms with van der Waals surface area (Å²) in [6.07, 6.45) is 5.14. The van der Waals surface area contributed by atoms with Crippen LogP contribution in [0.1, 0.15) is 124 Å². The Kier molecular flexibility index (Phi) is 36.1. The molecule has 2 rings (SSSR count). The van der Waals surface area contributed by atoms with Crippen LogP contribution < -0.4 is 43.8 Å². The first-order valence-corrected chi connectivity index (χ1v) is 26.6. The van der Waals surface area contributed by atoms with Gasteiger partial charge in [-0.25, -0.2) is 19.2 Å². The number of nitrogens with one attached hydrogen (secondary N) is 5. The molecule has 0 heterocycles. The Morgan fingerprint density at radius 3 is 1.41 bits per heavy atom. The average Bonchev–Trinajstić information content (AvgIpc) is 3.33. The van der Waals surface area contributed by atoms with Gasteiger partial charge in [0, 0.05) is 110 Å². The van der Waals surface area contributed by atoms with Gasteiger partial charge in [0.1, 0.15) is 24.4 Å². The van der Waals surface area contributed by atoms with Gasteiger partial charge in [0.2, 0.25) is 5.91 Å². The first-order chi connectivity index (χ1) is 35.6. The molecule has 0 saturated heterocycles. The molecule has 75 heavy (non-hydrogen) atoms. The highest BCUT2D eigenvalue weighted by molar-refractivity contribution is 5.73. The van der Waals surface area contributed by atoms with E-state index in [1.165, 1.54) is 6.92 Å². The van der Waals surface area contributed by atoms with Crippen LogP contribution in [0.4, 0.5) is 19.2 Å². The summed E-state index contributed by atoms with van der Waals surface area (Å²) in [5, 5.41) is 32.6. The summed E-state index contributed by atoms with van der Waals surface area (Å²) in [5.41, 5.74) is 18.7. The van der Waals surface area contributed by atoms with Crippen LogP contribution in [-0.2, 0) is 37.0 Å². The molecular formula is C54H96N10O11. The lowest BCUT2D eigenvalue weighted by Gasteiger charge is -2.31. The Morgan fingerprint density at radius 2 is 0.947 bits per heavy atom. The van der Waals surface area contributed by atoms with E-state index in [0.717, 1.165) is 56.4 Å². The number of aliphatic hydroxyl groups excluding tert-OH is 2. The van der Waals surface area contributed by atoms with E-state index in [-0.39, 0.29) is 69.1 Å². The molecule has 21 heteroatoms. The molecule has 0 aromatic heterocycles. The molecule has 2 aromatic carbocycles. The van der Waals surface area contributed by atoms with Crippen LogP contribution in [0.25, 0.3) is 0 Å². The number of amides is 5. The lowest BCUT2D eigenvalue weighted by atomic mass is 10.1. The Balaban J connectivity index is 0.000000912. The number of hydrogen-bond donors (Lipinski definition) is 10. The van der Waals surface area contributed by atoms with E-state index < -0.39 is 29.5 Å². The van der Waals surface area contributed by atoms with Gasteiger partial charge in [-0.1, -0.05) is 67.1 Å². The maximum atomic E-state index is 12.9. The van der Waals surface area contributed by atoms with Crippen LogP contribution in [0.15, 0.2) is 60.7 Å². The minimum atomic E-state index is -0.595. The molecular weight excluding hydrogens is 965 g/mol. The fourth-order valence-electron chi connectivity index (χ4n) is 7.64. The van der Waals surface area contributed by atoms with Gasteiger partial charge in [0.25, 0.3) is 0 Å². The summed E-state index contributed by atoms with van der Waals surface area (Å²) in [5.74, 6) is -0.192. The highest BCUT2D eigenvalue weighted by Gasteiger charge is 2.23. The van der Waals surface area contributed by atoms with Crippen molar-refractivity contribution in [2.75, 3.05) is 78.7 Å². The van der Waals surface area contributed by atoms with Crippen LogP contribution >= 0.6 is 0 Å². The van der Waals surface area contributed by atoms with E-state index in [1.54, 1.807) is 20.8 Å². The molecule has 13 N–H and O–H groups in total.